The zero-order chi connectivity index (χ0) is 32.5. The first-order valence-corrected chi connectivity index (χ1v) is 16.8. The Balaban J connectivity index is 1.09. The normalized spacial score (nSPS) is 16.6. The molecule has 4 nitrogen and oxygen atoms in total. The maximum absolute atomic E-state index is 11.3. The summed E-state index contributed by atoms with van der Waals surface area (Å²) in [6.45, 7) is -0.170. The van der Waals surface area contributed by atoms with E-state index < -0.39 is 5.97 Å². The molecule has 0 N–H and O–H groups in total. The summed E-state index contributed by atoms with van der Waals surface area (Å²) in [6.07, 6.45) is 12.1. The highest BCUT2D eigenvalue weighted by Crippen LogP contribution is 2.52. The molecule has 1 aromatic heterocycles. The van der Waals surface area contributed by atoms with Gasteiger partial charge >= 0.3 is 0 Å². The van der Waals surface area contributed by atoms with Crippen molar-refractivity contribution in [2.45, 2.75) is 37.8 Å². The van der Waals surface area contributed by atoms with Crippen molar-refractivity contribution in [1.82, 2.24) is 0 Å². The second-order valence-electron chi connectivity index (χ2n) is 12.8. The minimum absolute atomic E-state index is 0.170. The number of aromatic nitrogens is 1. The van der Waals surface area contributed by atoms with E-state index in [9.17, 15) is 9.90 Å². The van der Waals surface area contributed by atoms with Crippen molar-refractivity contribution in [3.8, 4) is 0 Å². The molecule has 1 fully saturated rings. The molecule has 0 amide bonds. The first-order valence-electron chi connectivity index (χ1n) is 16.8. The Kier molecular flexibility index (Phi) is 7.91. The van der Waals surface area contributed by atoms with Crippen LogP contribution in [0.25, 0.3) is 34.7 Å². The molecule has 0 saturated heterocycles. The van der Waals surface area contributed by atoms with Gasteiger partial charge in [-0.1, -0.05) is 110 Å². The second-order valence-corrected chi connectivity index (χ2v) is 12.8. The van der Waals surface area contributed by atoms with Crippen molar-refractivity contribution in [3.05, 3.63) is 173 Å². The number of rotatable bonds is 8. The summed E-state index contributed by atoms with van der Waals surface area (Å²) in [7, 11) is 0. The number of aliphatic carboxylic acids is 1. The number of fused-ring (bicyclic) bond motifs is 4. The first kappa shape index (κ1) is 29.6. The van der Waals surface area contributed by atoms with E-state index in [1.165, 1.54) is 64.0 Å². The number of hydrogen-bond donors (Lipinski definition) is 0. The standard InChI is InChI=1S/C44H36N2O2/c47-44(48)30-45-27-26-35(37-14-7-8-16-41(37)45)22-18-31-21-25-43-40(29-31)38-15-9-17-42(38)46(43)36-23-19-32(20-24-36)28-39(33-10-3-1-4-11-33)34-12-5-2-6-13-34/h1-8,10-14,16,18-29,38,42H,9,15,17,30H2. The molecule has 6 aromatic rings. The van der Waals surface area contributed by atoms with Crippen LogP contribution in [-0.4, -0.2) is 12.0 Å². The topological polar surface area (TPSA) is 47.2 Å². The fourth-order valence-electron chi connectivity index (χ4n) is 7.70. The minimum Gasteiger partial charge on any atom is -0.544 e. The van der Waals surface area contributed by atoms with E-state index in [-0.39, 0.29) is 6.54 Å². The summed E-state index contributed by atoms with van der Waals surface area (Å²) < 4.78 is 1.72. The van der Waals surface area contributed by atoms with Crippen molar-refractivity contribution < 1.29 is 14.5 Å². The van der Waals surface area contributed by atoms with Crippen molar-refractivity contribution in [2.75, 3.05) is 4.90 Å². The summed E-state index contributed by atoms with van der Waals surface area (Å²) in [6, 6.07) is 47.5. The summed E-state index contributed by atoms with van der Waals surface area (Å²) in [5.41, 5.74) is 11.9. The Morgan fingerprint density at radius 3 is 2.17 bits per heavy atom. The lowest BCUT2D eigenvalue weighted by Crippen LogP contribution is -2.44. The third-order valence-electron chi connectivity index (χ3n) is 9.89. The monoisotopic (exact) mass is 624 g/mol. The summed E-state index contributed by atoms with van der Waals surface area (Å²) in [5.74, 6) is -0.573. The van der Waals surface area contributed by atoms with Crippen molar-refractivity contribution >= 4 is 52.0 Å². The van der Waals surface area contributed by atoms with Crippen LogP contribution in [0.15, 0.2) is 140 Å². The molecule has 1 aliphatic carbocycles. The van der Waals surface area contributed by atoms with Crippen LogP contribution in [-0.2, 0) is 11.3 Å². The van der Waals surface area contributed by atoms with E-state index in [1.54, 1.807) is 4.57 Å². The molecule has 0 bridgehead atoms. The number of pyridine rings is 1. The lowest BCUT2D eigenvalue weighted by molar-refractivity contribution is -0.665. The van der Waals surface area contributed by atoms with Gasteiger partial charge in [0.1, 0.15) is 5.97 Å². The predicted octanol–water partition coefficient (Wildman–Crippen LogP) is 8.42. The number of carbonyl (C=O) groups is 1. The van der Waals surface area contributed by atoms with Gasteiger partial charge in [0, 0.05) is 35.5 Å². The smallest absolute Gasteiger partial charge is 0.213 e. The number of carboxylic acids is 1. The molecule has 4 heteroatoms. The number of carbonyl (C=O) groups excluding carboxylic acids is 1. The van der Waals surface area contributed by atoms with E-state index in [4.69, 9.17) is 0 Å². The van der Waals surface area contributed by atoms with Gasteiger partial charge in [-0.05, 0) is 88.2 Å². The average molecular weight is 625 g/mol. The molecule has 5 aromatic carbocycles. The van der Waals surface area contributed by atoms with Crippen LogP contribution in [0.2, 0.25) is 0 Å². The lowest BCUT2D eigenvalue weighted by atomic mass is 9.95. The van der Waals surface area contributed by atoms with E-state index in [0.717, 1.165) is 16.5 Å². The molecule has 0 spiro atoms. The van der Waals surface area contributed by atoms with Gasteiger partial charge in [0.15, 0.2) is 12.7 Å². The molecule has 0 radical (unpaired) electrons. The number of nitrogens with zero attached hydrogens (tertiary/aromatic N) is 2. The highest BCUT2D eigenvalue weighted by atomic mass is 16.4. The number of hydrogen-bond acceptors (Lipinski definition) is 3. The number of para-hydroxylation sites is 1. The van der Waals surface area contributed by atoms with Gasteiger partial charge in [0.25, 0.3) is 0 Å². The van der Waals surface area contributed by atoms with Crippen molar-refractivity contribution in [2.24, 2.45) is 0 Å². The van der Waals surface area contributed by atoms with Crippen LogP contribution in [0.1, 0.15) is 58.6 Å². The van der Waals surface area contributed by atoms with Gasteiger partial charge in [0.2, 0.25) is 5.52 Å². The third-order valence-corrected chi connectivity index (χ3v) is 9.89. The van der Waals surface area contributed by atoms with E-state index >= 15 is 0 Å². The van der Waals surface area contributed by atoms with Gasteiger partial charge in [0.05, 0.1) is 5.39 Å². The molecular formula is C44H36N2O2. The molecule has 1 saturated carbocycles. The SMILES string of the molecule is O=C([O-])C[n+]1ccc(/C=C/c2ccc3c(c2)C2CCCC2N3c2ccc(C=C(c3ccccc3)c3ccccc3)cc2)c2ccccc21. The maximum Gasteiger partial charge on any atom is 0.213 e. The Bertz CT molecular complexity index is 2130. The van der Waals surface area contributed by atoms with Gasteiger partial charge in [-0.3, -0.25) is 0 Å². The molecule has 8 rings (SSSR count). The zero-order valence-electron chi connectivity index (χ0n) is 26.7. The summed E-state index contributed by atoms with van der Waals surface area (Å²) in [4.78, 5) is 13.9. The van der Waals surface area contributed by atoms with Gasteiger partial charge < -0.3 is 14.8 Å². The Labute approximate surface area is 281 Å². The molecule has 1 aliphatic heterocycles. The van der Waals surface area contributed by atoms with Crippen LogP contribution in [0.4, 0.5) is 11.4 Å². The minimum atomic E-state index is -1.10. The highest BCUT2D eigenvalue weighted by molar-refractivity contribution is 5.92. The van der Waals surface area contributed by atoms with Crippen LogP contribution < -0.4 is 14.6 Å². The Hall–Kier alpha value is -5.74. The maximum atomic E-state index is 11.3. The van der Waals surface area contributed by atoms with Gasteiger partial charge in [-0.2, -0.15) is 4.57 Å². The summed E-state index contributed by atoms with van der Waals surface area (Å²) in [5, 5.41) is 12.3. The van der Waals surface area contributed by atoms with Gasteiger partial charge in [-0.25, -0.2) is 0 Å². The second kappa shape index (κ2) is 12.8. The third kappa shape index (κ3) is 5.71. The Morgan fingerprint density at radius 1 is 0.750 bits per heavy atom. The molecule has 2 aliphatic rings. The van der Waals surface area contributed by atoms with Crippen molar-refractivity contribution in [1.29, 1.82) is 0 Å². The van der Waals surface area contributed by atoms with E-state index in [2.05, 4.69) is 126 Å². The van der Waals surface area contributed by atoms with Crippen molar-refractivity contribution in [3.63, 3.8) is 0 Å². The molecule has 2 heterocycles. The molecule has 2 unspecified atom stereocenters. The lowest BCUT2D eigenvalue weighted by Gasteiger charge is -2.27. The molecule has 2 atom stereocenters. The predicted molar refractivity (Wildman–Crippen MR) is 193 cm³/mol. The van der Waals surface area contributed by atoms with Crippen LogP contribution in [0, 0.1) is 0 Å². The largest absolute Gasteiger partial charge is 0.544 e. The Morgan fingerprint density at radius 2 is 1.44 bits per heavy atom. The highest BCUT2D eigenvalue weighted by Gasteiger charge is 2.42. The fraction of sp³-hybridized carbons (Fsp3) is 0.136. The van der Waals surface area contributed by atoms with Crippen LogP contribution >= 0.6 is 0 Å². The molecule has 48 heavy (non-hydrogen) atoms. The quantitative estimate of drug-likeness (QED) is 0.126. The van der Waals surface area contributed by atoms with Crippen LogP contribution in [0.5, 0.6) is 0 Å². The van der Waals surface area contributed by atoms with E-state index in [0.29, 0.717) is 12.0 Å². The van der Waals surface area contributed by atoms with Crippen LogP contribution in [0.3, 0.4) is 0 Å². The molecular weight excluding hydrogens is 588 g/mol. The number of carboxylic acid groups (broad SMARTS) is 1. The first-order chi connectivity index (χ1) is 23.6. The average Bonchev–Trinajstić information content (AvgIpc) is 3.72. The zero-order valence-corrected chi connectivity index (χ0v) is 26.7. The number of benzene rings is 5. The number of anilines is 2. The van der Waals surface area contributed by atoms with E-state index in [1.807, 2.05) is 36.5 Å². The van der Waals surface area contributed by atoms with Gasteiger partial charge in [-0.15, -0.1) is 0 Å². The molecule has 234 valence electrons. The summed E-state index contributed by atoms with van der Waals surface area (Å²) >= 11 is 0. The fourth-order valence-corrected chi connectivity index (χ4v) is 7.70.